The predicted molar refractivity (Wildman–Crippen MR) is 103 cm³/mol. The van der Waals surface area contributed by atoms with Crippen LogP contribution < -0.4 is 5.14 Å². The van der Waals surface area contributed by atoms with E-state index in [0.29, 0.717) is 16.7 Å². The summed E-state index contributed by atoms with van der Waals surface area (Å²) in [6, 6.07) is 12.1. The van der Waals surface area contributed by atoms with Gasteiger partial charge in [0.05, 0.1) is 16.0 Å². The molecule has 0 fully saturated rings. The zero-order valence-corrected chi connectivity index (χ0v) is 16.3. The van der Waals surface area contributed by atoms with Crippen molar-refractivity contribution in [2.24, 2.45) is 5.14 Å². The van der Waals surface area contributed by atoms with Crippen molar-refractivity contribution in [3.05, 3.63) is 69.9 Å². The maximum Gasteiger partial charge on any atom is 0.338 e. The molecule has 27 heavy (non-hydrogen) atoms. The van der Waals surface area contributed by atoms with Crippen molar-refractivity contribution in [2.45, 2.75) is 25.3 Å². The zero-order valence-electron chi connectivity index (χ0n) is 14.7. The van der Waals surface area contributed by atoms with Crippen molar-refractivity contribution in [3.8, 4) is 0 Å². The number of esters is 1. The highest BCUT2D eigenvalue weighted by Crippen LogP contribution is 2.23. The molecule has 0 aliphatic rings. The molecular weight excluding hydrogens is 388 g/mol. The number of rotatable bonds is 4. The van der Waals surface area contributed by atoms with Crippen LogP contribution in [-0.2, 0) is 21.4 Å². The standard InChI is InChI=1S/C19H17ClN2O4S/c1-11-7-12(2)17(27(21,24)25)9-15(11)19(23)26-10-14-8-13-5-3-4-6-16(13)22-18(14)20/h3-9H,10H2,1-2H3,(H2,21,24,25). The van der Waals surface area contributed by atoms with E-state index < -0.39 is 16.0 Å². The van der Waals surface area contributed by atoms with E-state index in [1.807, 2.05) is 24.3 Å². The third kappa shape index (κ3) is 4.10. The minimum atomic E-state index is -3.94. The molecule has 3 aromatic rings. The molecule has 8 heteroatoms. The molecule has 140 valence electrons. The number of halogens is 1. The minimum absolute atomic E-state index is 0.0898. The number of hydrogen-bond donors (Lipinski definition) is 1. The van der Waals surface area contributed by atoms with E-state index in [9.17, 15) is 13.2 Å². The smallest absolute Gasteiger partial charge is 0.338 e. The summed E-state index contributed by atoms with van der Waals surface area (Å²) in [5.74, 6) is -0.665. The van der Waals surface area contributed by atoms with E-state index in [4.69, 9.17) is 21.5 Å². The Morgan fingerprint density at radius 2 is 1.85 bits per heavy atom. The molecule has 2 aromatic carbocycles. The van der Waals surface area contributed by atoms with Gasteiger partial charge in [-0.15, -0.1) is 0 Å². The van der Waals surface area contributed by atoms with Crippen LogP contribution in [0.1, 0.15) is 27.0 Å². The van der Waals surface area contributed by atoms with Crippen LogP contribution in [0.3, 0.4) is 0 Å². The number of benzene rings is 2. The number of carbonyl (C=O) groups is 1. The predicted octanol–water partition coefficient (Wildman–Crippen LogP) is 3.51. The molecule has 3 rings (SSSR count). The van der Waals surface area contributed by atoms with Gasteiger partial charge in [0.25, 0.3) is 0 Å². The second kappa shape index (κ2) is 7.26. The van der Waals surface area contributed by atoms with Gasteiger partial charge in [-0.05, 0) is 43.2 Å². The molecule has 6 nitrogen and oxygen atoms in total. The van der Waals surface area contributed by atoms with Gasteiger partial charge in [0, 0.05) is 10.9 Å². The number of primary sulfonamides is 1. The van der Waals surface area contributed by atoms with Crippen LogP contribution >= 0.6 is 11.6 Å². The SMILES string of the molecule is Cc1cc(C)c(S(N)(=O)=O)cc1C(=O)OCc1cc2ccccc2nc1Cl. The van der Waals surface area contributed by atoms with Crippen molar-refractivity contribution >= 4 is 38.5 Å². The Morgan fingerprint density at radius 1 is 1.15 bits per heavy atom. The fraction of sp³-hybridized carbons (Fsp3) is 0.158. The van der Waals surface area contributed by atoms with E-state index >= 15 is 0 Å². The van der Waals surface area contributed by atoms with Crippen molar-refractivity contribution in [3.63, 3.8) is 0 Å². The van der Waals surface area contributed by atoms with Gasteiger partial charge in [-0.3, -0.25) is 0 Å². The third-order valence-corrected chi connectivity index (χ3v) is 5.54. The summed E-state index contributed by atoms with van der Waals surface area (Å²) < 4.78 is 28.7. The van der Waals surface area contributed by atoms with Gasteiger partial charge in [-0.1, -0.05) is 35.9 Å². The van der Waals surface area contributed by atoms with Gasteiger partial charge in [0.15, 0.2) is 0 Å². The molecule has 1 aromatic heterocycles. The van der Waals surface area contributed by atoms with E-state index in [1.165, 1.54) is 6.07 Å². The molecule has 1 heterocycles. The Labute approximate surface area is 162 Å². The summed E-state index contributed by atoms with van der Waals surface area (Å²) in [5, 5.41) is 6.32. The second-order valence-electron chi connectivity index (χ2n) is 6.18. The average molecular weight is 405 g/mol. The maximum absolute atomic E-state index is 12.5. The fourth-order valence-corrected chi connectivity index (χ4v) is 3.81. The molecule has 0 aliphatic carbocycles. The van der Waals surface area contributed by atoms with Gasteiger partial charge >= 0.3 is 5.97 Å². The first kappa shape index (κ1) is 19.3. The number of nitrogens with two attached hydrogens (primary N) is 1. The lowest BCUT2D eigenvalue weighted by molar-refractivity contribution is 0.0471. The first-order valence-corrected chi connectivity index (χ1v) is 9.94. The number of ether oxygens (including phenoxy) is 1. The number of hydrogen-bond acceptors (Lipinski definition) is 5. The van der Waals surface area contributed by atoms with Crippen molar-refractivity contribution < 1.29 is 17.9 Å². The third-order valence-electron chi connectivity index (χ3n) is 4.16. The summed E-state index contributed by atoms with van der Waals surface area (Å²) in [5.41, 5.74) is 2.49. The summed E-state index contributed by atoms with van der Waals surface area (Å²) >= 11 is 6.17. The van der Waals surface area contributed by atoms with Crippen LogP contribution in [0.25, 0.3) is 10.9 Å². The topological polar surface area (TPSA) is 99.4 Å². The maximum atomic E-state index is 12.5. The Bertz CT molecular complexity index is 1160. The Kier molecular flexibility index (Phi) is 5.19. The number of carbonyl (C=O) groups excluding carboxylic acids is 1. The van der Waals surface area contributed by atoms with Crippen LogP contribution in [0.5, 0.6) is 0 Å². The number of sulfonamides is 1. The quantitative estimate of drug-likeness (QED) is 0.529. The average Bonchev–Trinajstić information content (AvgIpc) is 2.58. The number of aromatic nitrogens is 1. The zero-order chi connectivity index (χ0) is 19.8. The summed E-state index contributed by atoms with van der Waals surface area (Å²) in [6.45, 7) is 3.22. The first-order valence-electron chi connectivity index (χ1n) is 8.02. The highest BCUT2D eigenvalue weighted by molar-refractivity contribution is 7.89. The largest absolute Gasteiger partial charge is 0.457 e. The molecule has 2 N–H and O–H groups in total. The Balaban J connectivity index is 1.87. The lowest BCUT2D eigenvalue weighted by Gasteiger charge is -2.12. The number of nitrogens with zero attached hydrogens (tertiary/aromatic N) is 1. The summed E-state index contributed by atoms with van der Waals surface area (Å²) in [6.07, 6.45) is 0. The monoisotopic (exact) mass is 404 g/mol. The highest BCUT2D eigenvalue weighted by atomic mass is 35.5. The highest BCUT2D eigenvalue weighted by Gasteiger charge is 2.19. The Hall–Kier alpha value is -2.48. The van der Waals surface area contributed by atoms with Gasteiger partial charge in [-0.2, -0.15) is 0 Å². The van der Waals surface area contributed by atoms with Crippen LogP contribution in [0.15, 0.2) is 47.4 Å². The molecule has 0 atom stereocenters. The number of pyridine rings is 1. The molecule has 0 unspecified atom stereocenters. The number of fused-ring (bicyclic) bond motifs is 1. The van der Waals surface area contributed by atoms with Crippen molar-refractivity contribution in [1.29, 1.82) is 0 Å². The van der Waals surface area contributed by atoms with E-state index in [2.05, 4.69) is 4.98 Å². The lowest BCUT2D eigenvalue weighted by Crippen LogP contribution is -2.16. The molecule has 0 spiro atoms. The van der Waals surface area contributed by atoms with Crippen LogP contribution in [0, 0.1) is 13.8 Å². The van der Waals surface area contributed by atoms with Crippen molar-refractivity contribution in [2.75, 3.05) is 0 Å². The van der Waals surface area contributed by atoms with E-state index in [-0.39, 0.29) is 22.2 Å². The molecule has 0 amide bonds. The van der Waals surface area contributed by atoms with Crippen LogP contribution in [-0.4, -0.2) is 19.4 Å². The summed E-state index contributed by atoms with van der Waals surface area (Å²) in [7, 11) is -3.94. The molecule has 0 aliphatic heterocycles. The molecule has 0 radical (unpaired) electrons. The van der Waals surface area contributed by atoms with Gasteiger partial charge < -0.3 is 4.74 Å². The second-order valence-corrected chi connectivity index (χ2v) is 8.07. The van der Waals surface area contributed by atoms with Crippen LogP contribution in [0.2, 0.25) is 5.15 Å². The van der Waals surface area contributed by atoms with Gasteiger partial charge in [0.1, 0.15) is 11.8 Å². The van der Waals surface area contributed by atoms with E-state index in [0.717, 1.165) is 10.9 Å². The number of aryl methyl sites for hydroxylation is 2. The van der Waals surface area contributed by atoms with Gasteiger partial charge in [-0.25, -0.2) is 23.3 Å². The molecule has 0 saturated heterocycles. The van der Waals surface area contributed by atoms with Gasteiger partial charge in [0.2, 0.25) is 10.0 Å². The molecular formula is C19H17ClN2O4S. The molecule has 0 bridgehead atoms. The first-order chi connectivity index (χ1) is 12.7. The molecule has 0 saturated carbocycles. The summed E-state index contributed by atoms with van der Waals surface area (Å²) in [4.78, 5) is 16.7. The normalized spacial score (nSPS) is 11.6. The lowest BCUT2D eigenvalue weighted by atomic mass is 10.1. The Morgan fingerprint density at radius 3 is 2.56 bits per heavy atom. The van der Waals surface area contributed by atoms with Crippen LogP contribution in [0.4, 0.5) is 0 Å². The van der Waals surface area contributed by atoms with Crippen molar-refractivity contribution in [1.82, 2.24) is 4.98 Å². The fourth-order valence-electron chi connectivity index (χ4n) is 2.82. The minimum Gasteiger partial charge on any atom is -0.457 e. The van der Waals surface area contributed by atoms with E-state index in [1.54, 1.807) is 26.0 Å². The number of para-hydroxylation sites is 1.